The summed E-state index contributed by atoms with van der Waals surface area (Å²) in [6.07, 6.45) is 1.50. The Morgan fingerprint density at radius 1 is 1.33 bits per heavy atom. The van der Waals surface area contributed by atoms with Crippen LogP contribution in [0.3, 0.4) is 0 Å². The molecule has 0 atom stereocenters. The number of ether oxygens (including phenoxy) is 1. The topological polar surface area (TPSA) is 59.1 Å². The van der Waals surface area contributed by atoms with E-state index in [1.54, 1.807) is 7.11 Å². The first-order valence-electron chi connectivity index (χ1n) is 5.09. The molecule has 5 nitrogen and oxygen atoms in total. The van der Waals surface area contributed by atoms with E-state index < -0.39 is 0 Å². The van der Waals surface area contributed by atoms with Gasteiger partial charge in [0.1, 0.15) is 12.1 Å². The monoisotopic (exact) mass is 210 g/mol. The molecule has 0 aromatic carbocycles. The summed E-state index contributed by atoms with van der Waals surface area (Å²) in [5.41, 5.74) is 0.941. The zero-order valence-electron chi connectivity index (χ0n) is 9.50. The molecule has 5 heteroatoms. The lowest BCUT2D eigenvalue weighted by Gasteiger charge is -2.10. The molecule has 0 saturated carbocycles. The van der Waals surface area contributed by atoms with Crippen LogP contribution in [-0.4, -0.2) is 36.7 Å². The van der Waals surface area contributed by atoms with Crippen molar-refractivity contribution in [2.75, 3.05) is 32.1 Å². The summed E-state index contributed by atoms with van der Waals surface area (Å²) in [7, 11) is 1.61. The zero-order valence-corrected chi connectivity index (χ0v) is 9.50. The first-order valence-corrected chi connectivity index (χ1v) is 5.09. The highest BCUT2D eigenvalue weighted by Gasteiger charge is 2.05. The van der Waals surface area contributed by atoms with Gasteiger partial charge in [-0.2, -0.15) is 0 Å². The number of hydrogen-bond donors (Lipinski definition) is 2. The van der Waals surface area contributed by atoms with Crippen molar-refractivity contribution < 1.29 is 4.74 Å². The van der Waals surface area contributed by atoms with Crippen molar-refractivity contribution in [1.29, 1.82) is 0 Å². The lowest BCUT2D eigenvalue weighted by molar-refractivity contribution is 0.393. The molecular formula is C10H18N4O. The van der Waals surface area contributed by atoms with E-state index in [1.807, 2.05) is 6.92 Å². The third kappa shape index (κ3) is 3.36. The van der Waals surface area contributed by atoms with Crippen molar-refractivity contribution in [1.82, 2.24) is 15.3 Å². The van der Waals surface area contributed by atoms with E-state index in [0.717, 1.165) is 31.0 Å². The van der Waals surface area contributed by atoms with Gasteiger partial charge in [-0.15, -0.1) is 0 Å². The fourth-order valence-corrected chi connectivity index (χ4v) is 1.26. The van der Waals surface area contributed by atoms with Gasteiger partial charge in [0.2, 0.25) is 5.88 Å². The van der Waals surface area contributed by atoms with Crippen LogP contribution in [0.2, 0.25) is 0 Å². The molecule has 84 valence electrons. The Hall–Kier alpha value is -1.36. The SMILES string of the molecule is CCNCCNc1ncnc(OC)c1C. The summed E-state index contributed by atoms with van der Waals surface area (Å²) in [6.45, 7) is 6.76. The summed E-state index contributed by atoms with van der Waals surface area (Å²) in [5.74, 6) is 1.45. The highest BCUT2D eigenvalue weighted by atomic mass is 16.5. The third-order valence-corrected chi connectivity index (χ3v) is 2.08. The predicted octanol–water partition coefficient (Wildman–Crippen LogP) is 0.815. The van der Waals surface area contributed by atoms with Crippen LogP contribution in [0.4, 0.5) is 5.82 Å². The van der Waals surface area contributed by atoms with Gasteiger partial charge in [0, 0.05) is 13.1 Å². The minimum atomic E-state index is 0.621. The second-order valence-corrected chi connectivity index (χ2v) is 3.14. The van der Waals surface area contributed by atoms with Gasteiger partial charge in [-0.05, 0) is 13.5 Å². The van der Waals surface area contributed by atoms with E-state index in [-0.39, 0.29) is 0 Å². The fourth-order valence-electron chi connectivity index (χ4n) is 1.26. The molecule has 0 spiro atoms. The van der Waals surface area contributed by atoms with E-state index in [0.29, 0.717) is 5.88 Å². The first-order chi connectivity index (χ1) is 7.29. The Balaban J connectivity index is 2.53. The molecule has 1 heterocycles. The number of aromatic nitrogens is 2. The predicted molar refractivity (Wildman–Crippen MR) is 60.4 cm³/mol. The lowest BCUT2D eigenvalue weighted by Crippen LogP contribution is -2.22. The molecule has 2 N–H and O–H groups in total. The van der Waals surface area contributed by atoms with Gasteiger partial charge in [-0.1, -0.05) is 6.92 Å². The number of nitrogens with zero attached hydrogens (tertiary/aromatic N) is 2. The van der Waals surface area contributed by atoms with E-state index in [1.165, 1.54) is 6.33 Å². The molecule has 0 amide bonds. The largest absolute Gasteiger partial charge is 0.481 e. The van der Waals surface area contributed by atoms with Gasteiger partial charge in [0.25, 0.3) is 0 Å². The van der Waals surface area contributed by atoms with Crippen molar-refractivity contribution in [3.63, 3.8) is 0 Å². The van der Waals surface area contributed by atoms with Crippen molar-refractivity contribution in [2.24, 2.45) is 0 Å². The van der Waals surface area contributed by atoms with E-state index in [9.17, 15) is 0 Å². The second kappa shape index (κ2) is 6.19. The molecule has 15 heavy (non-hydrogen) atoms. The molecule has 0 fully saturated rings. The molecule has 1 aromatic heterocycles. The average Bonchev–Trinajstić information content (AvgIpc) is 2.26. The number of nitrogens with one attached hydrogen (secondary N) is 2. The standard InChI is InChI=1S/C10H18N4O/c1-4-11-5-6-12-9-8(2)10(15-3)14-7-13-9/h7,11H,4-6H2,1-3H3,(H,12,13,14). The molecular weight excluding hydrogens is 192 g/mol. The smallest absolute Gasteiger partial charge is 0.221 e. The fraction of sp³-hybridized carbons (Fsp3) is 0.600. The number of methoxy groups -OCH3 is 1. The highest BCUT2D eigenvalue weighted by molar-refractivity contribution is 5.47. The Morgan fingerprint density at radius 2 is 2.13 bits per heavy atom. The van der Waals surface area contributed by atoms with Crippen LogP contribution in [-0.2, 0) is 0 Å². The van der Waals surface area contributed by atoms with E-state index >= 15 is 0 Å². The van der Waals surface area contributed by atoms with Gasteiger partial charge in [0.05, 0.1) is 12.7 Å². The van der Waals surface area contributed by atoms with Crippen molar-refractivity contribution >= 4 is 5.82 Å². The molecule has 0 aliphatic carbocycles. The summed E-state index contributed by atoms with van der Waals surface area (Å²) < 4.78 is 5.11. The number of anilines is 1. The molecule has 0 unspecified atom stereocenters. The normalized spacial score (nSPS) is 10.1. The summed E-state index contributed by atoms with van der Waals surface area (Å²) in [5, 5.41) is 6.46. The molecule has 1 aromatic rings. The van der Waals surface area contributed by atoms with Crippen LogP contribution in [0.5, 0.6) is 5.88 Å². The molecule has 0 radical (unpaired) electrons. The van der Waals surface area contributed by atoms with Crippen LogP contribution >= 0.6 is 0 Å². The quantitative estimate of drug-likeness (QED) is 0.681. The maximum atomic E-state index is 5.11. The van der Waals surface area contributed by atoms with Crippen molar-refractivity contribution in [3.05, 3.63) is 11.9 Å². The molecule has 0 aliphatic rings. The maximum absolute atomic E-state index is 5.11. The van der Waals surface area contributed by atoms with Gasteiger partial charge >= 0.3 is 0 Å². The van der Waals surface area contributed by atoms with Gasteiger partial charge < -0.3 is 15.4 Å². The van der Waals surface area contributed by atoms with Gasteiger partial charge in [0.15, 0.2) is 0 Å². The summed E-state index contributed by atoms with van der Waals surface area (Å²) in [6, 6.07) is 0. The summed E-state index contributed by atoms with van der Waals surface area (Å²) in [4.78, 5) is 8.17. The maximum Gasteiger partial charge on any atom is 0.221 e. The van der Waals surface area contributed by atoms with E-state index in [2.05, 4.69) is 27.5 Å². The molecule has 0 bridgehead atoms. The Kier molecular flexibility index (Phi) is 4.83. The van der Waals surface area contributed by atoms with Crippen LogP contribution in [0.1, 0.15) is 12.5 Å². The van der Waals surface area contributed by atoms with Crippen molar-refractivity contribution in [2.45, 2.75) is 13.8 Å². The van der Waals surface area contributed by atoms with Crippen LogP contribution in [0.15, 0.2) is 6.33 Å². The Bertz CT molecular complexity index is 303. The first kappa shape index (κ1) is 11.7. The molecule has 1 rings (SSSR count). The average molecular weight is 210 g/mol. The number of likely N-dealkylation sites (N-methyl/N-ethyl adjacent to an activating group) is 1. The third-order valence-electron chi connectivity index (χ3n) is 2.08. The Labute approximate surface area is 90.3 Å². The van der Waals surface area contributed by atoms with Crippen LogP contribution in [0.25, 0.3) is 0 Å². The summed E-state index contributed by atoms with van der Waals surface area (Å²) >= 11 is 0. The minimum Gasteiger partial charge on any atom is -0.481 e. The van der Waals surface area contributed by atoms with Gasteiger partial charge in [-0.25, -0.2) is 9.97 Å². The van der Waals surface area contributed by atoms with E-state index in [4.69, 9.17) is 4.74 Å². The number of hydrogen-bond acceptors (Lipinski definition) is 5. The van der Waals surface area contributed by atoms with Crippen LogP contribution < -0.4 is 15.4 Å². The molecule has 0 saturated heterocycles. The zero-order chi connectivity index (χ0) is 11.1. The highest BCUT2D eigenvalue weighted by Crippen LogP contribution is 2.18. The second-order valence-electron chi connectivity index (χ2n) is 3.14. The lowest BCUT2D eigenvalue weighted by atomic mass is 10.3. The molecule has 0 aliphatic heterocycles. The van der Waals surface area contributed by atoms with Gasteiger partial charge in [-0.3, -0.25) is 0 Å². The number of rotatable bonds is 6. The van der Waals surface area contributed by atoms with Crippen molar-refractivity contribution in [3.8, 4) is 5.88 Å². The van der Waals surface area contributed by atoms with Crippen LogP contribution in [0, 0.1) is 6.92 Å². The minimum absolute atomic E-state index is 0.621. The Morgan fingerprint density at radius 3 is 2.80 bits per heavy atom.